The maximum absolute atomic E-state index is 11.5. The van der Waals surface area contributed by atoms with Crippen molar-refractivity contribution in [3.8, 4) is 17.2 Å². The fraction of sp³-hybridized carbons (Fsp3) is 0.235. The van der Waals surface area contributed by atoms with Gasteiger partial charge in [0, 0.05) is 0 Å². The van der Waals surface area contributed by atoms with Crippen molar-refractivity contribution in [2.75, 3.05) is 21.3 Å². The number of carbonyl (C=O) groups excluding carboxylic acids is 1. The molecule has 2 aromatic carbocycles. The lowest BCUT2D eigenvalue weighted by molar-refractivity contribution is 0.0600. The minimum atomic E-state index is -0.422. The molecule has 23 heavy (non-hydrogen) atoms. The molecule has 0 saturated carbocycles. The van der Waals surface area contributed by atoms with Crippen LogP contribution >= 0.6 is 15.9 Å². The SMILES string of the molecule is COC(=O)c1ccc(OCc2ccc(OC)c(Br)c2)c(OC)c1. The van der Waals surface area contributed by atoms with Gasteiger partial charge in [-0.05, 0) is 51.8 Å². The highest BCUT2D eigenvalue weighted by Gasteiger charge is 2.11. The Morgan fingerprint density at radius 1 is 0.957 bits per heavy atom. The van der Waals surface area contributed by atoms with Gasteiger partial charge < -0.3 is 18.9 Å². The van der Waals surface area contributed by atoms with E-state index in [1.165, 1.54) is 14.2 Å². The molecule has 0 aliphatic heterocycles. The summed E-state index contributed by atoms with van der Waals surface area (Å²) in [4.78, 5) is 11.5. The van der Waals surface area contributed by atoms with Gasteiger partial charge in [-0.15, -0.1) is 0 Å². The van der Waals surface area contributed by atoms with E-state index in [-0.39, 0.29) is 0 Å². The smallest absolute Gasteiger partial charge is 0.337 e. The summed E-state index contributed by atoms with van der Waals surface area (Å²) in [7, 11) is 4.47. The molecule has 0 heterocycles. The van der Waals surface area contributed by atoms with Crippen molar-refractivity contribution in [1.82, 2.24) is 0 Å². The molecule has 0 amide bonds. The van der Waals surface area contributed by atoms with E-state index in [4.69, 9.17) is 14.2 Å². The van der Waals surface area contributed by atoms with Crippen LogP contribution in [0.4, 0.5) is 0 Å². The van der Waals surface area contributed by atoms with Crippen LogP contribution < -0.4 is 14.2 Å². The van der Waals surface area contributed by atoms with Gasteiger partial charge in [-0.3, -0.25) is 0 Å². The van der Waals surface area contributed by atoms with E-state index in [2.05, 4.69) is 20.7 Å². The Balaban J connectivity index is 2.14. The van der Waals surface area contributed by atoms with E-state index < -0.39 is 5.97 Å². The number of hydrogen-bond acceptors (Lipinski definition) is 5. The summed E-state index contributed by atoms with van der Waals surface area (Å²) in [6.45, 7) is 0.358. The van der Waals surface area contributed by atoms with Crippen LogP contribution in [0.1, 0.15) is 15.9 Å². The van der Waals surface area contributed by atoms with E-state index in [0.29, 0.717) is 23.7 Å². The Bertz CT molecular complexity index is 699. The molecular formula is C17H17BrO5. The van der Waals surface area contributed by atoms with Crippen LogP contribution in [0.15, 0.2) is 40.9 Å². The van der Waals surface area contributed by atoms with Gasteiger partial charge in [0.1, 0.15) is 12.4 Å². The first kappa shape index (κ1) is 17.1. The van der Waals surface area contributed by atoms with Crippen molar-refractivity contribution in [1.29, 1.82) is 0 Å². The van der Waals surface area contributed by atoms with Crippen LogP contribution in [0.2, 0.25) is 0 Å². The van der Waals surface area contributed by atoms with E-state index in [1.54, 1.807) is 25.3 Å². The van der Waals surface area contributed by atoms with E-state index in [1.807, 2.05) is 18.2 Å². The zero-order valence-electron chi connectivity index (χ0n) is 13.1. The monoisotopic (exact) mass is 380 g/mol. The Hall–Kier alpha value is -2.21. The third-order valence-electron chi connectivity index (χ3n) is 3.20. The summed E-state index contributed by atoms with van der Waals surface area (Å²) in [5.41, 5.74) is 1.38. The number of benzene rings is 2. The zero-order chi connectivity index (χ0) is 16.8. The van der Waals surface area contributed by atoms with Gasteiger partial charge in [-0.2, -0.15) is 0 Å². The predicted octanol–water partition coefficient (Wildman–Crippen LogP) is 3.83. The van der Waals surface area contributed by atoms with E-state index in [0.717, 1.165) is 15.8 Å². The minimum Gasteiger partial charge on any atom is -0.496 e. The van der Waals surface area contributed by atoms with Crippen LogP contribution in [0.25, 0.3) is 0 Å². The van der Waals surface area contributed by atoms with Crippen LogP contribution in [0.3, 0.4) is 0 Å². The molecule has 0 aliphatic carbocycles. The largest absolute Gasteiger partial charge is 0.496 e. The molecule has 0 aromatic heterocycles. The minimum absolute atomic E-state index is 0.358. The third kappa shape index (κ3) is 4.16. The second-order valence-corrected chi connectivity index (χ2v) is 5.47. The molecule has 0 unspecified atom stereocenters. The molecule has 6 heteroatoms. The molecular weight excluding hydrogens is 364 g/mol. The molecule has 0 radical (unpaired) electrons. The first-order valence-corrected chi connectivity index (χ1v) is 7.60. The normalized spacial score (nSPS) is 10.1. The van der Waals surface area contributed by atoms with E-state index >= 15 is 0 Å². The van der Waals surface area contributed by atoms with Crippen LogP contribution in [-0.4, -0.2) is 27.3 Å². The van der Waals surface area contributed by atoms with Gasteiger partial charge in [0.05, 0.1) is 31.4 Å². The molecule has 122 valence electrons. The topological polar surface area (TPSA) is 54.0 Å². The molecule has 2 rings (SSSR count). The maximum Gasteiger partial charge on any atom is 0.337 e. The molecule has 0 N–H and O–H groups in total. The molecule has 0 saturated heterocycles. The highest BCUT2D eigenvalue weighted by Crippen LogP contribution is 2.30. The average Bonchev–Trinajstić information content (AvgIpc) is 2.59. The van der Waals surface area contributed by atoms with Gasteiger partial charge in [-0.1, -0.05) is 6.07 Å². The first-order chi connectivity index (χ1) is 11.1. The molecule has 0 fully saturated rings. The third-order valence-corrected chi connectivity index (χ3v) is 3.81. The summed E-state index contributed by atoms with van der Waals surface area (Å²) in [6, 6.07) is 10.6. The number of rotatable bonds is 6. The lowest BCUT2D eigenvalue weighted by Crippen LogP contribution is -2.03. The Kier molecular flexibility index (Phi) is 5.87. The quantitative estimate of drug-likeness (QED) is 0.712. The zero-order valence-corrected chi connectivity index (χ0v) is 14.7. The summed E-state index contributed by atoms with van der Waals surface area (Å²) < 4.78 is 21.8. The van der Waals surface area contributed by atoms with Crippen LogP contribution in [-0.2, 0) is 11.3 Å². The van der Waals surface area contributed by atoms with Gasteiger partial charge in [0.15, 0.2) is 11.5 Å². The first-order valence-electron chi connectivity index (χ1n) is 6.80. The van der Waals surface area contributed by atoms with Crippen LogP contribution in [0.5, 0.6) is 17.2 Å². The highest BCUT2D eigenvalue weighted by molar-refractivity contribution is 9.10. The number of esters is 1. The van der Waals surface area contributed by atoms with Gasteiger partial charge >= 0.3 is 5.97 Å². The fourth-order valence-corrected chi connectivity index (χ4v) is 2.58. The number of halogens is 1. The van der Waals surface area contributed by atoms with Crippen LogP contribution in [0, 0.1) is 0 Å². The van der Waals surface area contributed by atoms with Crippen molar-refractivity contribution in [3.05, 3.63) is 52.0 Å². The van der Waals surface area contributed by atoms with Crippen molar-refractivity contribution >= 4 is 21.9 Å². The van der Waals surface area contributed by atoms with Gasteiger partial charge in [0.2, 0.25) is 0 Å². The van der Waals surface area contributed by atoms with Crippen molar-refractivity contribution in [3.63, 3.8) is 0 Å². The van der Waals surface area contributed by atoms with Crippen molar-refractivity contribution in [2.24, 2.45) is 0 Å². The van der Waals surface area contributed by atoms with Gasteiger partial charge in [0.25, 0.3) is 0 Å². The number of methoxy groups -OCH3 is 3. The standard InChI is InChI=1S/C17H17BrO5/c1-20-14-6-4-11(8-13(14)18)10-23-15-7-5-12(17(19)22-3)9-16(15)21-2/h4-9H,10H2,1-3H3. The summed E-state index contributed by atoms with van der Waals surface area (Å²) in [5.74, 6) is 1.36. The Morgan fingerprint density at radius 2 is 1.65 bits per heavy atom. The number of ether oxygens (including phenoxy) is 4. The molecule has 0 atom stereocenters. The maximum atomic E-state index is 11.5. The Morgan fingerprint density at radius 3 is 2.26 bits per heavy atom. The summed E-state index contributed by atoms with van der Waals surface area (Å²) in [6.07, 6.45) is 0. The lowest BCUT2D eigenvalue weighted by Gasteiger charge is -2.12. The molecule has 5 nitrogen and oxygen atoms in total. The van der Waals surface area contributed by atoms with Crippen molar-refractivity contribution < 1.29 is 23.7 Å². The number of hydrogen-bond donors (Lipinski definition) is 0. The van der Waals surface area contributed by atoms with Crippen molar-refractivity contribution in [2.45, 2.75) is 6.61 Å². The molecule has 0 aliphatic rings. The molecule has 0 bridgehead atoms. The second-order valence-electron chi connectivity index (χ2n) is 4.61. The Labute approximate surface area is 143 Å². The second kappa shape index (κ2) is 7.87. The summed E-state index contributed by atoms with van der Waals surface area (Å²) >= 11 is 3.44. The predicted molar refractivity (Wildman–Crippen MR) is 89.4 cm³/mol. The van der Waals surface area contributed by atoms with E-state index in [9.17, 15) is 4.79 Å². The fourth-order valence-electron chi connectivity index (χ4n) is 1.99. The molecule has 2 aromatic rings. The molecule has 0 spiro atoms. The number of carbonyl (C=O) groups is 1. The average molecular weight is 381 g/mol. The lowest BCUT2D eigenvalue weighted by atomic mass is 10.2. The highest BCUT2D eigenvalue weighted by atomic mass is 79.9. The summed E-state index contributed by atoms with van der Waals surface area (Å²) in [5, 5.41) is 0. The van der Waals surface area contributed by atoms with Gasteiger partial charge in [-0.25, -0.2) is 4.79 Å².